The van der Waals surface area contributed by atoms with E-state index >= 15 is 0 Å². The minimum absolute atomic E-state index is 0.216. The number of aromatic carboxylic acids is 1. The maximum Gasteiger partial charge on any atom is 0.335 e. The Bertz CT molecular complexity index is 702. The van der Waals surface area contributed by atoms with Crippen LogP contribution in [0.5, 0.6) is 0 Å². The largest absolute Gasteiger partial charge is 0.478 e. The van der Waals surface area contributed by atoms with Gasteiger partial charge in [-0.1, -0.05) is 29.8 Å². The molecule has 0 amide bonds. The number of hydrogen-bond acceptors (Lipinski definition) is 2. The minimum Gasteiger partial charge on any atom is -0.478 e. The monoisotopic (exact) mass is 334 g/mol. The number of anilines is 1. The fraction of sp³-hybridized carbons (Fsp3) is 0.125. The van der Waals surface area contributed by atoms with E-state index in [1.54, 1.807) is 18.2 Å². The van der Waals surface area contributed by atoms with Crippen LogP contribution in [0.3, 0.4) is 0 Å². The van der Waals surface area contributed by atoms with E-state index in [1.165, 1.54) is 0 Å². The van der Waals surface area contributed by atoms with Gasteiger partial charge in [0.25, 0.3) is 0 Å². The highest BCUT2D eigenvalue weighted by molar-refractivity contribution is 7.80. The molecule has 0 fully saturated rings. The summed E-state index contributed by atoms with van der Waals surface area (Å²) in [7, 11) is 0. The number of aryl methyl sites for hydroxylation is 1. The Kier molecular flexibility index (Phi) is 5.35. The summed E-state index contributed by atoms with van der Waals surface area (Å²) in [5.41, 5.74) is 2.85. The van der Waals surface area contributed by atoms with Crippen molar-refractivity contribution in [2.45, 2.75) is 13.5 Å². The van der Waals surface area contributed by atoms with Crippen LogP contribution in [-0.2, 0) is 6.54 Å². The van der Waals surface area contributed by atoms with E-state index in [2.05, 4.69) is 10.6 Å². The highest BCUT2D eigenvalue weighted by Gasteiger charge is 2.07. The zero-order valence-corrected chi connectivity index (χ0v) is 13.5. The minimum atomic E-state index is -0.969. The SMILES string of the molecule is Cc1ccc(C(=O)O)cc1NC(=S)NCc1ccc(Cl)cc1. The Labute approximate surface area is 139 Å². The third kappa shape index (κ3) is 4.44. The molecule has 2 aromatic rings. The zero-order chi connectivity index (χ0) is 16.1. The number of thiocarbonyl (C=S) groups is 1. The number of benzene rings is 2. The number of carboxylic acids is 1. The van der Waals surface area contributed by atoms with Gasteiger partial charge in [0.15, 0.2) is 5.11 Å². The van der Waals surface area contributed by atoms with Crippen LogP contribution in [-0.4, -0.2) is 16.2 Å². The number of carbonyl (C=O) groups is 1. The van der Waals surface area contributed by atoms with Gasteiger partial charge in [0.1, 0.15) is 0 Å². The topological polar surface area (TPSA) is 61.4 Å². The molecule has 0 saturated heterocycles. The maximum atomic E-state index is 11.0. The molecule has 0 aromatic heterocycles. The molecule has 0 spiro atoms. The van der Waals surface area contributed by atoms with Gasteiger partial charge in [-0.2, -0.15) is 0 Å². The third-order valence-electron chi connectivity index (χ3n) is 3.10. The van der Waals surface area contributed by atoms with Crippen molar-refractivity contribution < 1.29 is 9.90 Å². The first-order valence-corrected chi connectivity index (χ1v) is 7.37. The molecule has 0 atom stereocenters. The molecule has 0 saturated carbocycles. The lowest BCUT2D eigenvalue weighted by Gasteiger charge is -2.13. The van der Waals surface area contributed by atoms with E-state index in [9.17, 15) is 4.79 Å². The second-order valence-corrected chi connectivity index (χ2v) is 5.61. The lowest BCUT2D eigenvalue weighted by molar-refractivity contribution is 0.0697. The van der Waals surface area contributed by atoms with Crippen LogP contribution in [0.4, 0.5) is 5.69 Å². The number of carboxylic acid groups (broad SMARTS) is 1. The van der Waals surface area contributed by atoms with Crippen LogP contribution in [0.1, 0.15) is 21.5 Å². The first kappa shape index (κ1) is 16.3. The second-order valence-electron chi connectivity index (χ2n) is 4.77. The van der Waals surface area contributed by atoms with Gasteiger partial charge >= 0.3 is 5.97 Å². The highest BCUT2D eigenvalue weighted by Crippen LogP contribution is 2.17. The van der Waals surface area contributed by atoms with Gasteiger partial charge in [0, 0.05) is 17.3 Å². The summed E-state index contributed by atoms with van der Waals surface area (Å²) in [6, 6.07) is 12.3. The Balaban J connectivity index is 1.98. The summed E-state index contributed by atoms with van der Waals surface area (Å²) in [4.78, 5) is 11.0. The molecule has 0 bridgehead atoms. The predicted molar refractivity (Wildman–Crippen MR) is 92.7 cm³/mol. The van der Waals surface area contributed by atoms with Crippen LogP contribution in [0, 0.1) is 6.92 Å². The van der Waals surface area contributed by atoms with E-state index in [1.807, 2.05) is 31.2 Å². The number of rotatable bonds is 4. The fourth-order valence-corrected chi connectivity index (χ4v) is 2.15. The van der Waals surface area contributed by atoms with E-state index < -0.39 is 5.97 Å². The van der Waals surface area contributed by atoms with Crippen molar-refractivity contribution in [1.29, 1.82) is 0 Å². The van der Waals surface area contributed by atoms with Crippen molar-refractivity contribution in [3.05, 3.63) is 64.2 Å². The average Bonchev–Trinajstić information content (AvgIpc) is 2.48. The van der Waals surface area contributed by atoms with Gasteiger partial charge in [-0.3, -0.25) is 0 Å². The molecule has 22 heavy (non-hydrogen) atoms. The van der Waals surface area contributed by atoms with Crippen LogP contribution in [0.2, 0.25) is 5.02 Å². The lowest BCUT2D eigenvalue weighted by Crippen LogP contribution is -2.28. The standard InChI is InChI=1S/C16H15ClN2O2S/c1-10-2-5-12(15(20)21)8-14(10)19-16(22)18-9-11-3-6-13(17)7-4-11/h2-8H,9H2,1H3,(H,20,21)(H2,18,19,22). The lowest BCUT2D eigenvalue weighted by atomic mass is 10.1. The highest BCUT2D eigenvalue weighted by atomic mass is 35.5. The first-order valence-electron chi connectivity index (χ1n) is 6.59. The molecule has 0 radical (unpaired) electrons. The molecule has 2 aromatic carbocycles. The normalized spacial score (nSPS) is 10.1. The van der Waals surface area contributed by atoms with Gasteiger partial charge in [-0.05, 0) is 54.5 Å². The van der Waals surface area contributed by atoms with Crippen LogP contribution in [0.25, 0.3) is 0 Å². The third-order valence-corrected chi connectivity index (χ3v) is 3.60. The Morgan fingerprint density at radius 3 is 2.55 bits per heavy atom. The number of hydrogen-bond donors (Lipinski definition) is 3. The smallest absolute Gasteiger partial charge is 0.335 e. The average molecular weight is 335 g/mol. The summed E-state index contributed by atoms with van der Waals surface area (Å²) in [6.07, 6.45) is 0. The van der Waals surface area contributed by atoms with Crippen molar-refractivity contribution >= 4 is 40.6 Å². The summed E-state index contributed by atoms with van der Waals surface area (Å²) in [6.45, 7) is 2.44. The summed E-state index contributed by atoms with van der Waals surface area (Å²) < 4.78 is 0. The molecular weight excluding hydrogens is 320 g/mol. The van der Waals surface area contributed by atoms with E-state index in [4.69, 9.17) is 28.9 Å². The first-order chi connectivity index (χ1) is 10.5. The van der Waals surface area contributed by atoms with Crippen molar-refractivity contribution in [2.75, 3.05) is 5.32 Å². The molecule has 0 heterocycles. The van der Waals surface area contributed by atoms with Gasteiger partial charge in [-0.15, -0.1) is 0 Å². The Morgan fingerprint density at radius 2 is 1.91 bits per heavy atom. The van der Waals surface area contributed by atoms with E-state index in [-0.39, 0.29) is 5.56 Å². The van der Waals surface area contributed by atoms with Crippen molar-refractivity contribution in [2.24, 2.45) is 0 Å². The maximum absolute atomic E-state index is 11.0. The molecule has 0 aliphatic heterocycles. The van der Waals surface area contributed by atoms with Crippen LogP contribution < -0.4 is 10.6 Å². The quantitative estimate of drug-likeness (QED) is 0.742. The van der Waals surface area contributed by atoms with E-state index in [0.717, 1.165) is 11.1 Å². The molecule has 0 aliphatic rings. The van der Waals surface area contributed by atoms with Gasteiger partial charge in [0.05, 0.1) is 5.56 Å². The second kappa shape index (κ2) is 7.24. The predicted octanol–water partition coefficient (Wildman–Crippen LogP) is 3.83. The molecular formula is C16H15ClN2O2S. The van der Waals surface area contributed by atoms with Crippen molar-refractivity contribution in [1.82, 2.24) is 5.32 Å². The number of nitrogens with one attached hydrogen (secondary N) is 2. The molecule has 4 nitrogen and oxygen atoms in total. The van der Waals surface area contributed by atoms with Gasteiger partial charge in [-0.25, -0.2) is 4.79 Å². The van der Waals surface area contributed by atoms with Gasteiger partial charge in [0.2, 0.25) is 0 Å². The van der Waals surface area contributed by atoms with Crippen molar-refractivity contribution in [3.63, 3.8) is 0 Å². The van der Waals surface area contributed by atoms with Crippen LogP contribution in [0.15, 0.2) is 42.5 Å². The Hall–Kier alpha value is -2.11. The summed E-state index contributed by atoms with van der Waals surface area (Å²) in [5.74, 6) is -0.969. The summed E-state index contributed by atoms with van der Waals surface area (Å²) >= 11 is 11.1. The summed E-state index contributed by atoms with van der Waals surface area (Å²) in [5, 5.41) is 16.2. The molecule has 3 N–H and O–H groups in total. The fourth-order valence-electron chi connectivity index (χ4n) is 1.84. The zero-order valence-electron chi connectivity index (χ0n) is 11.9. The van der Waals surface area contributed by atoms with Crippen LogP contribution >= 0.6 is 23.8 Å². The Morgan fingerprint density at radius 1 is 1.23 bits per heavy atom. The number of halogens is 1. The molecule has 0 unspecified atom stereocenters. The molecule has 114 valence electrons. The van der Waals surface area contributed by atoms with Gasteiger partial charge < -0.3 is 15.7 Å². The van der Waals surface area contributed by atoms with E-state index in [0.29, 0.717) is 22.4 Å². The molecule has 2 rings (SSSR count). The van der Waals surface area contributed by atoms with Crippen molar-refractivity contribution in [3.8, 4) is 0 Å². The molecule has 6 heteroatoms. The molecule has 0 aliphatic carbocycles.